The van der Waals surface area contributed by atoms with E-state index < -0.39 is 12.3 Å². The van der Waals surface area contributed by atoms with E-state index in [1.54, 1.807) is 0 Å². The average molecular weight is 193 g/mol. The predicted molar refractivity (Wildman–Crippen MR) is 42.6 cm³/mol. The minimum Gasteiger partial charge on any atom is -0.376 e. The summed E-state index contributed by atoms with van der Waals surface area (Å²) in [5.41, 5.74) is -0.384. The van der Waals surface area contributed by atoms with Gasteiger partial charge in [-0.15, -0.1) is 0 Å². The zero-order valence-electron chi connectivity index (χ0n) is 7.48. The molecule has 1 saturated carbocycles. The summed E-state index contributed by atoms with van der Waals surface area (Å²) in [6.45, 7) is 0.187. The topological polar surface area (TPSA) is 38.3 Å². The van der Waals surface area contributed by atoms with E-state index in [2.05, 4.69) is 5.32 Å². The normalized spacial score (nSPS) is 19.7. The molecule has 0 unspecified atom stereocenters. The number of carbonyl (C=O) groups is 1. The van der Waals surface area contributed by atoms with E-state index in [1.165, 1.54) is 7.11 Å². The van der Waals surface area contributed by atoms with E-state index in [0.717, 1.165) is 19.3 Å². The van der Waals surface area contributed by atoms with Gasteiger partial charge < -0.3 is 10.1 Å². The van der Waals surface area contributed by atoms with Crippen molar-refractivity contribution in [1.82, 2.24) is 5.32 Å². The molecule has 0 aromatic rings. The van der Waals surface area contributed by atoms with E-state index in [-0.39, 0.29) is 12.1 Å². The van der Waals surface area contributed by atoms with Crippen LogP contribution in [0.25, 0.3) is 0 Å². The standard InChI is InChI=1S/C8H13F2NO2/c1-13-8(3-2-4-8)5-11-7(12)6(9)10/h6H,2-5H2,1H3,(H,11,12). The Kier molecular flexibility index (Phi) is 3.19. The summed E-state index contributed by atoms with van der Waals surface area (Å²) in [5.74, 6) is -1.22. The highest BCUT2D eigenvalue weighted by Crippen LogP contribution is 2.34. The number of carbonyl (C=O) groups excluding carboxylic acids is 1. The Morgan fingerprint density at radius 2 is 2.23 bits per heavy atom. The zero-order chi connectivity index (χ0) is 9.90. The first-order valence-corrected chi connectivity index (χ1v) is 4.21. The van der Waals surface area contributed by atoms with Crippen molar-refractivity contribution >= 4 is 5.91 Å². The van der Waals surface area contributed by atoms with Crippen molar-refractivity contribution in [2.24, 2.45) is 0 Å². The molecule has 5 heteroatoms. The maximum atomic E-state index is 11.8. The quantitative estimate of drug-likeness (QED) is 0.721. The van der Waals surface area contributed by atoms with Crippen molar-refractivity contribution in [2.75, 3.05) is 13.7 Å². The van der Waals surface area contributed by atoms with Crippen molar-refractivity contribution in [1.29, 1.82) is 0 Å². The third-order valence-electron chi connectivity index (χ3n) is 2.48. The number of hydrogen-bond acceptors (Lipinski definition) is 2. The lowest BCUT2D eigenvalue weighted by atomic mass is 9.80. The van der Waals surface area contributed by atoms with Gasteiger partial charge in [-0.05, 0) is 19.3 Å². The molecule has 13 heavy (non-hydrogen) atoms. The van der Waals surface area contributed by atoms with Crippen LogP contribution >= 0.6 is 0 Å². The largest absolute Gasteiger partial charge is 0.376 e. The van der Waals surface area contributed by atoms with Crippen LogP contribution in [0.3, 0.4) is 0 Å². The van der Waals surface area contributed by atoms with Gasteiger partial charge in [-0.25, -0.2) is 0 Å². The molecular weight excluding hydrogens is 180 g/mol. The Balaban J connectivity index is 2.28. The summed E-state index contributed by atoms with van der Waals surface area (Å²) in [6.07, 6.45) is -0.257. The molecule has 0 aromatic carbocycles. The number of ether oxygens (including phenoxy) is 1. The molecule has 1 amide bonds. The number of halogens is 2. The molecule has 1 fully saturated rings. The number of nitrogens with one attached hydrogen (secondary N) is 1. The first-order valence-electron chi connectivity index (χ1n) is 4.21. The third kappa shape index (κ3) is 2.37. The van der Waals surface area contributed by atoms with Gasteiger partial charge in [-0.3, -0.25) is 4.79 Å². The molecule has 1 aliphatic carbocycles. The van der Waals surface area contributed by atoms with E-state index in [9.17, 15) is 13.6 Å². The summed E-state index contributed by atoms with van der Waals surface area (Å²) >= 11 is 0. The highest BCUT2D eigenvalue weighted by Gasteiger charge is 2.37. The second kappa shape index (κ2) is 4.00. The molecular formula is C8H13F2NO2. The van der Waals surface area contributed by atoms with E-state index in [1.807, 2.05) is 0 Å². The lowest BCUT2D eigenvalue weighted by Gasteiger charge is -2.40. The van der Waals surface area contributed by atoms with Crippen molar-refractivity contribution in [2.45, 2.75) is 31.3 Å². The molecule has 0 saturated heterocycles. The van der Waals surface area contributed by atoms with Crippen molar-refractivity contribution in [3.63, 3.8) is 0 Å². The molecule has 0 spiro atoms. The van der Waals surface area contributed by atoms with Crippen molar-refractivity contribution in [3.8, 4) is 0 Å². The van der Waals surface area contributed by atoms with Crippen LogP contribution in [-0.2, 0) is 9.53 Å². The van der Waals surface area contributed by atoms with Gasteiger partial charge in [0, 0.05) is 13.7 Å². The third-order valence-corrected chi connectivity index (χ3v) is 2.48. The maximum absolute atomic E-state index is 11.8. The lowest BCUT2D eigenvalue weighted by molar-refractivity contribution is -0.135. The molecule has 1 N–H and O–H groups in total. The van der Waals surface area contributed by atoms with E-state index >= 15 is 0 Å². The Labute approximate surface area is 75.4 Å². The first kappa shape index (κ1) is 10.4. The monoisotopic (exact) mass is 193 g/mol. The highest BCUT2D eigenvalue weighted by molar-refractivity contribution is 5.79. The Morgan fingerprint density at radius 1 is 1.62 bits per heavy atom. The van der Waals surface area contributed by atoms with Crippen molar-refractivity contribution in [3.05, 3.63) is 0 Å². The minimum atomic E-state index is -2.94. The molecule has 0 radical (unpaired) electrons. The minimum absolute atomic E-state index is 0.187. The average Bonchev–Trinajstić information content (AvgIpc) is 2.02. The van der Waals surface area contributed by atoms with Crippen LogP contribution in [-0.4, -0.2) is 31.6 Å². The maximum Gasteiger partial charge on any atom is 0.315 e. The van der Waals surface area contributed by atoms with Gasteiger partial charge in [-0.2, -0.15) is 8.78 Å². The number of amides is 1. The SMILES string of the molecule is COC1(CNC(=O)C(F)F)CCC1. The molecule has 0 atom stereocenters. The molecule has 1 rings (SSSR count). The molecule has 0 aromatic heterocycles. The summed E-state index contributed by atoms with van der Waals surface area (Å²) < 4.78 is 28.7. The summed E-state index contributed by atoms with van der Waals surface area (Å²) in [7, 11) is 1.54. The van der Waals surface area contributed by atoms with Crippen LogP contribution in [0.2, 0.25) is 0 Å². The molecule has 1 aliphatic rings. The van der Waals surface area contributed by atoms with Gasteiger partial charge in [0.15, 0.2) is 0 Å². The second-order valence-electron chi connectivity index (χ2n) is 3.26. The number of rotatable bonds is 4. The summed E-state index contributed by atoms with van der Waals surface area (Å²) in [6, 6.07) is 0. The summed E-state index contributed by atoms with van der Waals surface area (Å²) in [4.78, 5) is 10.5. The van der Waals surface area contributed by atoms with E-state index in [0.29, 0.717) is 0 Å². The number of hydrogen-bond donors (Lipinski definition) is 1. The van der Waals surface area contributed by atoms with Gasteiger partial charge in [0.25, 0.3) is 5.91 Å². The van der Waals surface area contributed by atoms with Gasteiger partial charge in [0.05, 0.1) is 5.60 Å². The fourth-order valence-electron chi connectivity index (χ4n) is 1.35. The highest BCUT2D eigenvalue weighted by atomic mass is 19.3. The fourth-order valence-corrected chi connectivity index (χ4v) is 1.35. The van der Waals surface area contributed by atoms with Gasteiger partial charge in [0.1, 0.15) is 0 Å². The Morgan fingerprint density at radius 3 is 2.54 bits per heavy atom. The summed E-state index contributed by atoms with van der Waals surface area (Å²) in [5, 5.41) is 2.16. The molecule has 0 bridgehead atoms. The number of alkyl halides is 2. The van der Waals surface area contributed by atoms with Crippen LogP contribution in [0.5, 0.6) is 0 Å². The van der Waals surface area contributed by atoms with Gasteiger partial charge >= 0.3 is 6.43 Å². The van der Waals surface area contributed by atoms with Gasteiger partial charge in [-0.1, -0.05) is 0 Å². The first-order chi connectivity index (χ1) is 6.09. The molecule has 76 valence electrons. The zero-order valence-corrected chi connectivity index (χ0v) is 7.48. The van der Waals surface area contributed by atoms with Crippen LogP contribution in [0.4, 0.5) is 8.78 Å². The molecule has 3 nitrogen and oxygen atoms in total. The van der Waals surface area contributed by atoms with Crippen LogP contribution in [0.1, 0.15) is 19.3 Å². The molecule has 0 heterocycles. The predicted octanol–water partition coefficient (Wildman–Crippen LogP) is 0.937. The van der Waals surface area contributed by atoms with E-state index in [4.69, 9.17) is 4.74 Å². The number of methoxy groups -OCH3 is 1. The Bertz CT molecular complexity index is 187. The van der Waals surface area contributed by atoms with Crippen LogP contribution < -0.4 is 5.32 Å². The lowest BCUT2D eigenvalue weighted by Crippen LogP contribution is -2.50. The van der Waals surface area contributed by atoms with Crippen molar-refractivity contribution < 1.29 is 18.3 Å². The fraction of sp³-hybridized carbons (Fsp3) is 0.875. The Hall–Kier alpha value is -0.710. The second-order valence-corrected chi connectivity index (χ2v) is 3.26. The van der Waals surface area contributed by atoms with Gasteiger partial charge in [0.2, 0.25) is 0 Å². The smallest absolute Gasteiger partial charge is 0.315 e. The van der Waals surface area contributed by atoms with Crippen LogP contribution in [0, 0.1) is 0 Å². The molecule has 0 aliphatic heterocycles. The van der Waals surface area contributed by atoms with Crippen LogP contribution in [0.15, 0.2) is 0 Å².